The summed E-state index contributed by atoms with van der Waals surface area (Å²) < 4.78 is 33.6. The third-order valence-corrected chi connectivity index (χ3v) is 8.53. The minimum Gasteiger partial charge on any atom is -0.736 e. The van der Waals surface area contributed by atoms with Crippen LogP contribution in [0.2, 0.25) is 0 Å². The molecular formula is C36H38NaO8P. The van der Waals surface area contributed by atoms with Crippen molar-refractivity contribution in [3.63, 3.8) is 0 Å². The molecule has 0 aliphatic rings. The number of Topliss-reactive ketones (excluding diaryl/α,β-unsaturated/α-hetero) is 2. The molecule has 236 valence electrons. The number of carbonyl (C=O) groups excluding carboxylic acids is 2. The second-order valence-corrected chi connectivity index (χ2v) is 12.5. The third kappa shape index (κ3) is 9.81. The standard InChI is InChI=1S/C36H39O8P.Na/c1-23-21-31(15-17-33(23)35(37)25(3)19-27-7-11-29(41-5)12-8-27)43-45(39,40)44-32-16-18-34(24(2)22-32)36(38)26(4)20-28-9-13-30(42-6)14-10-28;/h7-18,21-22,25-26H,19-20H2,1-6H3,(H,39,40);/q;+1/p-1. The van der Waals surface area contributed by atoms with Gasteiger partial charge in [0.05, 0.1) is 14.2 Å². The normalized spacial score (nSPS) is 13.4. The van der Waals surface area contributed by atoms with Gasteiger partial charge in [0.1, 0.15) is 23.0 Å². The average Bonchev–Trinajstić information content (AvgIpc) is 3.01. The van der Waals surface area contributed by atoms with Crippen LogP contribution in [0.4, 0.5) is 0 Å². The van der Waals surface area contributed by atoms with Crippen molar-refractivity contribution >= 4 is 19.4 Å². The van der Waals surface area contributed by atoms with Gasteiger partial charge >= 0.3 is 37.4 Å². The van der Waals surface area contributed by atoms with Gasteiger partial charge in [-0.25, -0.2) is 4.57 Å². The second kappa shape index (κ2) is 16.4. The van der Waals surface area contributed by atoms with Crippen molar-refractivity contribution in [1.82, 2.24) is 0 Å². The van der Waals surface area contributed by atoms with Crippen LogP contribution in [0.25, 0.3) is 0 Å². The number of rotatable bonds is 14. The summed E-state index contributed by atoms with van der Waals surface area (Å²) in [5.74, 6) is 0.860. The van der Waals surface area contributed by atoms with Gasteiger partial charge < -0.3 is 23.4 Å². The van der Waals surface area contributed by atoms with Gasteiger partial charge in [-0.05, 0) is 110 Å². The Morgan fingerprint density at radius 3 is 1.26 bits per heavy atom. The maximum Gasteiger partial charge on any atom is 1.00 e. The van der Waals surface area contributed by atoms with Crippen molar-refractivity contribution < 1.29 is 67.1 Å². The first-order valence-electron chi connectivity index (χ1n) is 14.6. The predicted octanol–water partition coefficient (Wildman–Crippen LogP) is 4.37. The van der Waals surface area contributed by atoms with E-state index in [2.05, 4.69) is 0 Å². The number of ketones is 2. The molecule has 0 heterocycles. The van der Waals surface area contributed by atoms with Gasteiger partial charge in [-0.3, -0.25) is 9.59 Å². The van der Waals surface area contributed by atoms with Crippen molar-refractivity contribution in [2.75, 3.05) is 14.2 Å². The molecule has 0 saturated carbocycles. The Morgan fingerprint density at radius 2 is 0.957 bits per heavy atom. The molecule has 10 heteroatoms. The molecule has 46 heavy (non-hydrogen) atoms. The Morgan fingerprint density at radius 1 is 0.630 bits per heavy atom. The zero-order valence-electron chi connectivity index (χ0n) is 27.4. The number of hydrogen-bond donors (Lipinski definition) is 0. The van der Waals surface area contributed by atoms with Crippen LogP contribution >= 0.6 is 7.82 Å². The maximum absolute atomic E-state index is 13.2. The molecule has 0 bridgehead atoms. The Bertz CT molecular complexity index is 1580. The molecule has 0 saturated heterocycles. The van der Waals surface area contributed by atoms with Gasteiger partial charge in [0.15, 0.2) is 11.6 Å². The van der Waals surface area contributed by atoms with Crippen molar-refractivity contribution in [3.8, 4) is 23.0 Å². The van der Waals surface area contributed by atoms with E-state index in [4.69, 9.17) is 18.5 Å². The Hall–Kier alpha value is -3.39. The smallest absolute Gasteiger partial charge is 0.736 e. The van der Waals surface area contributed by atoms with E-state index in [1.165, 1.54) is 24.3 Å². The molecule has 0 radical (unpaired) electrons. The average molecular weight is 653 g/mol. The fourth-order valence-electron chi connectivity index (χ4n) is 5.16. The Kier molecular flexibility index (Phi) is 13.2. The number of phosphoric acid groups is 1. The van der Waals surface area contributed by atoms with Crippen molar-refractivity contribution in [1.29, 1.82) is 0 Å². The van der Waals surface area contributed by atoms with Crippen molar-refractivity contribution in [2.45, 2.75) is 40.5 Å². The van der Waals surface area contributed by atoms with E-state index >= 15 is 0 Å². The molecule has 0 aliphatic heterocycles. The summed E-state index contributed by atoms with van der Waals surface area (Å²) >= 11 is 0. The quantitative estimate of drug-likeness (QED) is 0.112. The zero-order valence-corrected chi connectivity index (χ0v) is 30.3. The molecule has 4 rings (SSSR count). The van der Waals surface area contributed by atoms with E-state index in [0.717, 1.165) is 22.6 Å². The first-order valence-corrected chi connectivity index (χ1v) is 16.1. The largest absolute Gasteiger partial charge is 1.00 e. The summed E-state index contributed by atoms with van der Waals surface area (Å²) in [6.45, 7) is 7.17. The molecule has 0 amide bonds. The van der Waals surface area contributed by atoms with Gasteiger partial charge in [-0.15, -0.1) is 0 Å². The van der Waals surface area contributed by atoms with Gasteiger partial charge in [0.25, 0.3) is 0 Å². The van der Waals surface area contributed by atoms with Gasteiger partial charge in [0.2, 0.25) is 0 Å². The Balaban J connectivity index is 0.00000576. The topological polar surface area (TPSA) is 111 Å². The number of methoxy groups -OCH3 is 2. The number of aryl methyl sites for hydroxylation is 2. The van der Waals surface area contributed by atoms with Crippen LogP contribution in [0, 0.1) is 25.7 Å². The monoisotopic (exact) mass is 652 g/mol. The summed E-state index contributed by atoms with van der Waals surface area (Å²) in [6.07, 6.45) is 1.10. The minimum absolute atomic E-state index is 0. The van der Waals surface area contributed by atoms with Crippen LogP contribution < -0.4 is 53.0 Å². The first kappa shape index (κ1) is 37.1. The van der Waals surface area contributed by atoms with Gasteiger partial charge in [-0.2, -0.15) is 0 Å². The number of benzene rings is 4. The summed E-state index contributed by atoms with van der Waals surface area (Å²) in [5, 5.41) is 0. The van der Waals surface area contributed by atoms with E-state index in [9.17, 15) is 19.0 Å². The van der Waals surface area contributed by atoms with E-state index in [1.807, 2.05) is 62.4 Å². The van der Waals surface area contributed by atoms with E-state index in [-0.39, 0.29) is 64.5 Å². The molecule has 2 atom stereocenters. The first-order chi connectivity index (χ1) is 21.4. The molecule has 0 spiro atoms. The molecule has 4 aromatic carbocycles. The zero-order chi connectivity index (χ0) is 32.7. The molecule has 0 N–H and O–H groups in total. The van der Waals surface area contributed by atoms with Crippen LogP contribution in [0.5, 0.6) is 23.0 Å². The van der Waals surface area contributed by atoms with Crippen LogP contribution in [0.15, 0.2) is 84.9 Å². The molecule has 2 unspecified atom stereocenters. The molecule has 0 fully saturated rings. The molecule has 8 nitrogen and oxygen atoms in total. The summed E-state index contributed by atoms with van der Waals surface area (Å²) in [5.41, 5.74) is 4.16. The summed E-state index contributed by atoms with van der Waals surface area (Å²) in [7, 11) is -1.63. The minimum atomic E-state index is -4.84. The SMILES string of the molecule is COc1ccc(CC(C)C(=O)c2ccc(OP(=O)([O-])Oc3ccc(C(=O)C(C)Cc4ccc(OC)cc4)c(C)c3)cc2C)cc1.[Na+]. The van der Waals surface area contributed by atoms with Crippen molar-refractivity contribution in [2.24, 2.45) is 11.8 Å². The van der Waals surface area contributed by atoms with Gasteiger partial charge in [-0.1, -0.05) is 38.1 Å². The van der Waals surface area contributed by atoms with Gasteiger partial charge in [0, 0.05) is 23.0 Å². The predicted molar refractivity (Wildman–Crippen MR) is 172 cm³/mol. The van der Waals surface area contributed by atoms with Crippen LogP contribution in [-0.2, 0) is 17.4 Å². The summed E-state index contributed by atoms with van der Waals surface area (Å²) in [4.78, 5) is 39.1. The third-order valence-electron chi connectivity index (χ3n) is 7.66. The number of hydrogen-bond acceptors (Lipinski definition) is 8. The molecular weight excluding hydrogens is 614 g/mol. The van der Waals surface area contributed by atoms with Crippen molar-refractivity contribution in [3.05, 3.63) is 118 Å². The maximum atomic E-state index is 13.2. The van der Waals surface area contributed by atoms with Crippen LogP contribution in [-0.4, -0.2) is 25.8 Å². The molecule has 0 aromatic heterocycles. The number of carbonyl (C=O) groups is 2. The molecule has 4 aromatic rings. The number of phosphoric ester groups is 1. The van der Waals surface area contributed by atoms with Crippen LogP contribution in [0.3, 0.4) is 0 Å². The van der Waals surface area contributed by atoms with Crippen LogP contribution in [0.1, 0.15) is 56.8 Å². The number of ether oxygens (including phenoxy) is 2. The van der Waals surface area contributed by atoms with E-state index < -0.39 is 7.82 Å². The Labute approximate surface area is 293 Å². The fourth-order valence-corrected chi connectivity index (χ4v) is 5.94. The van der Waals surface area contributed by atoms with E-state index in [1.54, 1.807) is 40.2 Å². The summed E-state index contributed by atoms with van der Waals surface area (Å²) in [6, 6.07) is 24.1. The second-order valence-electron chi connectivity index (χ2n) is 11.2. The molecule has 0 aliphatic carbocycles. The van der Waals surface area contributed by atoms with E-state index in [0.29, 0.717) is 35.1 Å². The fraction of sp³-hybridized carbons (Fsp3) is 0.278.